The number of nitro groups is 1. The molecular formula is C21H19ClN4O3S. The average Bonchev–Trinajstić information content (AvgIpc) is 3.23. The van der Waals surface area contributed by atoms with Crippen LogP contribution >= 0.6 is 22.9 Å². The molecule has 7 nitrogen and oxygen atoms in total. The molecule has 1 aliphatic rings. The minimum Gasteiger partial charge on any atom is -0.336 e. The lowest BCUT2D eigenvalue weighted by molar-refractivity contribution is -0.385. The van der Waals surface area contributed by atoms with Crippen molar-refractivity contribution in [1.82, 2.24) is 14.8 Å². The number of thiazole rings is 1. The Morgan fingerprint density at radius 1 is 1.13 bits per heavy atom. The molecule has 0 unspecified atom stereocenters. The first-order chi connectivity index (χ1) is 14.5. The molecule has 0 radical (unpaired) electrons. The minimum absolute atomic E-state index is 0.0739. The van der Waals surface area contributed by atoms with E-state index in [-0.39, 0.29) is 22.2 Å². The van der Waals surface area contributed by atoms with Crippen LogP contribution in [0, 0.1) is 10.1 Å². The van der Waals surface area contributed by atoms with Crippen LogP contribution in [0.25, 0.3) is 10.6 Å². The molecule has 1 fully saturated rings. The summed E-state index contributed by atoms with van der Waals surface area (Å²) in [7, 11) is 0. The number of nitrogens with zero attached hydrogens (tertiary/aromatic N) is 4. The molecule has 1 amide bonds. The smallest absolute Gasteiger partial charge is 0.283 e. The van der Waals surface area contributed by atoms with Gasteiger partial charge in [-0.05, 0) is 12.1 Å². The lowest BCUT2D eigenvalue weighted by Crippen LogP contribution is -2.48. The molecule has 4 rings (SSSR count). The molecule has 0 saturated carbocycles. The van der Waals surface area contributed by atoms with Gasteiger partial charge in [-0.25, -0.2) is 4.98 Å². The summed E-state index contributed by atoms with van der Waals surface area (Å²) in [6.07, 6.45) is 0. The topological polar surface area (TPSA) is 79.6 Å². The second-order valence-corrected chi connectivity index (χ2v) is 8.29. The van der Waals surface area contributed by atoms with Crippen molar-refractivity contribution >= 4 is 34.5 Å². The van der Waals surface area contributed by atoms with Crippen LogP contribution in [0.1, 0.15) is 16.1 Å². The van der Waals surface area contributed by atoms with Gasteiger partial charge in [0, 0.05) is 54.8 Å². The Morgan fingerprint density at radius 2 is 1.87 bits per heavy atom. The van der Waals surface area contributed by atoms with Crippen LogP contribution in [0.2, 0.25) is 5.02 Å². The third kappa shape index (κ3) is 4.51. The molecule has 0 bridgehead atoms. The fourth-order valence-corrected chi connectivity index (χ4v) is 4.42. The van der Waals surface area contributed by atoms with E-state index in [1.165, 1.54) is 18.2 Å². The molecule has 0 atom stereocenters. The van der Waals surface area contributed by atoms with Crippen molar-refractivity contribution in [2.75, 3.05) is 26.2 Å². The maximum Gasteiger partial charge on any atom is 0.283 e. The van der Waals surface area contributed by atoms with E-state index in [1.54, 1.807) is 16.2 Å². The number of hydrogen-bond acceptors (Lipinski definition) is 6. The Balaban J connectivity index is 1.37. The molecule has 2 aromatic carbocycles. The van der Waals surface area contributed by atoms with E-state index in [1.807, 2.05) is 30.3 Å². The monoisotopic (exact) mass is 442 g/mol. The summed E-state index contributed by atoms with van der Waals surface area (Å²) in [4.78, 5) is 32.1. The number of nitro benzene ring substituents is 1. The molecule has 1 aliphatic heterocycles. The number of hydrogen-bond donors (Lipinski definition) is 0. The quantitative estimate of drug-likeness (QED) is 0.434. The highest BCUT2D eigenvalue weighted by Gasteiger charge is 2.28. The molecule has 1 aromatic heterocycles. The number of piperazine rings is 1. The molecule has 0 N–H and O–H groups in total. The number of aromatic nitrogens is 1. The Hall–Kier alpha value is -2.81. The van der Waals surface area contributed by atoms with Crippen LogP contribution < -0.4 is 0 Å². The highest BCUT2D eigenvalue weighted by atomic mass is 35.5. The SMILES string of the molecule is O=C(c1ccc(Cl)cc1[N+](=O)[O-])N1CCN(Cc2csc(-c3ccccc3)n2)CC1. The molecule has 3 aromatic rings. The highest BCUT2D eigenvalue weighted by Crippen LogP contribution is 2.26. The van der Waals surface area contributed by atoms with E-state index in [0.717, 1.165) is 16.3 Å². The second kappa shape index (κ2) is 8.91. The molecule has 154 valence electrons. The molecule has 30 heavy (non-hydrogen) atoms. The van der Waals surface area contributed by atoms with Gasteiger partial charge in [-0.3, -0.25) is 19.8 Å². The minimum atomic E-state index is -0.568. The van der Waals surface area contributed by atoms with Crippen LogP contribution in [-0.4, -0.2) is 51.8 Å². The summed E-state index contributed by atoms with van der Waals surface area (Å²) in [6, 6.07) is 14.2. The Kier molecular flexibility index (Phi) is 6.08. The Bertz CT molecular complexity index is 1070. The highest BCUT2D eigenvalue weighted by molar-refractivity contribution is 7.13. The summed E-state index contributed by atoms with van der Waals surface area (Å²) in [5, 5.41) is 14.6. The second-order valence-electron chi connectivity index (χ2n) is 7.00. The van der Waals surface area contributed by atoms with Crippen LogP contribution in [-0.2, 0) is 6.54 Å². The first-order valence-electron chi connectivity index (χ1n) is 9.46. The van der Waals surface area contributed by atoms with Gasteiger partial charge >= 0.3 is 0 Å². The van der Waals surface area contributed by atoms with E-state index >= 15 is 0 Å². The lowest BCUT2D eigenvalue weighted by atomic mass is 10.1. The van der Waals surface area contributed by atoms with Crippen molar-refractivity contribution in [3.05, 3.63) is 80.3 Å². The zero-order valence-corrected chi connectivity index (χ0v) is 17.6. The number of amides is 1. The molecule has 2 heterocycles. The predicted octanol–water partition coefficient (Wildman–Crippen LogP) is 4.33. The number of benzene rings is 2. The van der Waals surface area contributed by atoms with Crippen LogP contribution in [0.4, 0.5) is 5.69 Å². The molecule has 1 saturated heterocycles. The Morgan fingerprint density at radius 3 is 2.57 bits per heavy atom. The summed E-state index contributed by atoms with van der Waals surface area (Å²) < 4.78 is 0. The van der Waals surface area contributed by atoms with Gasteiger partial charge in [0.2, 0.25) is 0 Å². The standard InChI is InChI=1S/C21H19ClN4O3S/c22-16-6-7-18(19(12-16)26(28)29)21(27)25-10-8-24(9-11-25)13-17-14-30-20(23-17)15-4-2-1-3-5-15/h1-7,12,14H,8-11,13H2. The maximum atomic E-state index is 12.8. The summed E-state index contributed by atoms with van der Waals surface area (Å²) >= 11 is 7.47. The van der Waals surface area contributed by atoms with Gasteiger partial charge in [0.15, 0.2) is 0 Å². The zero-order valence-electron chi connectivity index (χ0n) is 16.0. The zero-order chi connectivity index (χ0) is 21.1. The van der Waals surface area contributed by atoms with Gasteiger partial charge in [0.05, 0.1) is 10.6 Å². The first kappa shape index (κ1) is 20.5. The van der Waals surface area contributed by atoms with Gasteiger partial charge in [0.25, 0.3) is 11.6 Å². The lowest BCUT2D eigenvalue weighted by Gasteiger charge is -2.34. The maximum absolute atomic E-state index is 12.8. The average molecular weight is 443 g/mol. The Labute approximate surface area is 182 Å². The van der Waals surface area contributed by atoms with E-state index in [2.05, 4.69) is 10.3 Å². The van der Waals surface area contributed by atoms with E-state index in [0.29, 0.717) is 32.7 Å². The summed E-state index contributed by atoms with van der Waals surface area (Å²) in [6.45, 7) is 3.10. The molecular weight excluding hydrogens is 424 g/mol. The van der Waals surface area contributed by atoms with E-state index < -0.39 is 4.92 Å². The first-order valence-corrected chi connectivity index (χ1v) is 10.7. The molecule has 9 heteroatoms. The molecule has 0 aliphatic carbocycles. The van der Waals surface area contributed by atoms with Gasteiger partial charge in [-0.1, -0.05) is 41.9 Å². The van der Waals surface area contributed by atoms with E-state index in [4.69, 9.17) is 16.6 Å². The molecule has 0 spiro atoms. The van der Waals surface area contributed by atoms with Crippen molar-refractivity contribution < 1.29 is 9.72 Å². The van der Waals surface area contributed by atoms with Crippen molar-refractivity contribution in [1.29, 1.82) is 0 Å². The number of halogens is 1. The van der Waals surface area contributed by atoms with Gasteiger partial charge in [0.1, 0.15) is 10.6 Å². The summed E-state index contributed by atoms with van der Waals surface area (Å²) in [5.41, 5.74) is 1.93. The van der Waals surface area contributed by atoms with Crippen molar-refractivity contribution in [2.45, 2.75) is 6.54 Å². The van der Waals surface area contributed by atoms with Crippen molar-refractivity contribution in [3.63, 3.8) is 0 Å². The van der Waals surface area contributed by atoms with Crippen LogP contribution in [0.3, 0.4) is 0 Å². The van der Waals surface area contributed by atoms with Gasteiger partial charge < -0.3 is 4.90 Å². The normalized spacial score (nSPS) is 14.6. The predicted molar refractivity (Wildman–Crippen MR) is 117 cm³/mol. The third-order valence-electron chi connectivity index (χ3n) is 5.00. The van der Waals surface area contributed by atoms with Crippen LogP contribution in [0.15, 0.2) is 53.9 Å². The van der Waals surface area contributed by atoms with Gasteiger partial charge in [-0.15, -0.1) is 11.3 Å². The number of rotatable bonds is 5. The summed E-state index contributed by atoms with van der Waals surface area (Å²) in [5.74, 6) is -0.335. The fraction of sp³-hybridized carbons (Fsp3) is 0.238. The van der Waals surface area contributed by atoms with Gasteiger partial charge in [-0.2, -0.15) is 0 Å². The van der Waals surface area contributed by atoms with Crippen LogP contribution in [0.5, 0.6) is 0 Å². The number of carbonyl (C=O) groups is 1. The number of carbonyl (C=O) groups excluding carboxylic acids is 1. The largest absolute Gasteiger partial charge is 0.336 e. The van der Waals surface area contributed by atoms with E-state index in [9.17, 15) is 14.9 Å². The van der Waals surface area contributed by atoms with Crippen molar-refractivity contribution in [3.8, 4) is 10.6 Å². The van der Waals surface area contributed by atoms with Crippen molar-refractivity contribution in [2.24, 2.45) is 0 Å². The third-order valence-corrected chi connectivity index (χ3v) is 6.18. The fourth-order valence-electron chi connectivity index (χ4n) is 3.44.